The normalized spacial score (nSPS) is 9.07. The first kappa shape index (κ1) is 12.4. The Morgan fingerprint density at radius 2 is 1.79 bits per heavy atom. The molecule has 0 aliphatic heterocycles. The van der Waals surface area contributed by atoms with Crippen LogP contribution >= 0.6 is 0 Å². The summed E-state index contributed by atoms with van der Waals surface area (Å²) in [6.45, 7) is 1.03. The van der Waals surface area contributed by atoms with Gasteiger partial charge in [0.15, 0.2) is 0 Å². The third-order valence-electron chi connectivity index (χ3n) is 1.34. The Labute approximate surface area is 82.7 Å². The predicted molar refractivity (Wildman–Crippen MR) is 52.6 cm³/mol. The molecule has 0 unspecified atom stereocenters. The fraction of sp³-hybridized carbons (Fsp3) is 0.333. The summed E-state index contributed by atoms with van der Waals surface area (Å²) in [4.78, 5) is 10.5. The summed E-state index contributed by atoms with van der Waals surface area (Å²) in [6, 6.07) is 10.5. The van der Waals surface area contributed by atoms with Gasteiger partial charge in [0, 0.05) is 6.54 Å². The second-order valence-corrected chi connectivity index (χ2v) is 2.96. The number of rotatable bonds is 2. The van der Waals surface area contributed by atoms with Crippen LogP contribution in [0.5, 0.6) is 0 Å². The molecule has 0 aliphatic carbocycles. The van der Waals surface area contributed by atoms with Crippen molar-refractivity contribution in [2.75, 3.05) is 14.1 Å². The number of hydrogen-bond acceptors (Lipinski definition) is 3. The quantitative estimate of drug-likeness (QED) is 0.576. The highest BCUT2D eigenvalue weighted by Gasteiger charge is 1.90. The maximum atomic E-state index is 8.36. The minimum Gasteiger partial charge on any atom is -0.328 e. The monoisotopic (exact) mass is 198 g/mol. The molecule has 0 fully saturated rings. The van der Waals surface area contributed by atoms with Crippen molar-refractivity contribution in [1.29, 1.82) is 0 Å². The third-order valence-corrected chi connectivity index (χ3v) is 1.34. The van der Waals surface area contributed by atoms with Crippen LogP contribution in [0.1, 0.15) is 5.56 Å². The zero-order chi connectivity index (χ0) is 11.0. The van der Waals surface area contributed by atoms with Crippen molar-refractivity contribution in [1.82, 2.24) is 4.90 Å². The van der Waals surface area contributed by atoms with Gasteiger partial charge in [0.05, 0.1) is 0 Å². The summed E-state index contributed by atoms with van der Waals surface area (Å²) in [5.41, 5.74) is 1.37. The van der Waals surface area contributed by atoms with E-state index in [0.717, 1.165) is 6.54 Å². The Kier molecular flexibility index (Phi) is 6.06. The molecule has 0 amide bonds. The van der Waals surface area contributed by atoms with Gasteiger partial charge in [-0.15, -0.1) is 10.1 Å². The smallest absolute Gasteiger partial charge is 0.291 e. The maximum absolute atomic E-state index is 8.36. The van der Waals surface area contributed by atoms with Crippen LogP contribution in [-0.4, -0.2) is 29.3 Å². The van der Waals surface area contributed by atoms with Crippen LogP contribution in [0.15, 0.2) is 30.3 Å². The molecule has 1 rings (SSSR count). The zero-order valence-corrected chi connectivity index (χ0v) is 8.25. The Balaban J connectivity index is 0.000000364. The lowest BCUT2D eigenvalue weighted by Crippen LogP contribution is -2.10. The van der Waals surface area contributed by atoms with Gasteiger partial charge < -0.3 is 10.1 Å². The first-order valence-corrected chi connectivity index (χ1v) is 4.04. The van der Waals surface area contributed by atoms with Crippen LogP contribution in [0.4, 0.5) is 0 Å². The summed E-state index contributed by atoms with van der Waals surface area (Å²) < 4.78 is 0. The van der Waals surface area contributed by atoms with E-state index < -0.39 is 5.09 Å². The molecule has 0 saturated carbocycles. The average Bonchev–Trinajstić information content (AvgIpc) is 2.03. The van der Waals surface area contributed by atoms with Gasteiger partial charge in [0.25, 0.3) is 5.09 Å². The van der Waals surface area contributed by atoms with Crippen molar-refractivity contribution < 1.29 is 10.3 Å². The molecule has 1 N–H and O–H groups in total. The number of nitrogens with zero attached hydrogens (tertiary/aromatic N) is 2. The SMILES string of the molecule is CN(C)Cc1ccccc1.O=[N+]([O-])O. The van der Waals surface area contributed by atoms with E-state index in [2.05, 4.69) is 43.3 Å². The van der Waals surface area contributed by atoms with Gasteiger partial charge in [-0.25, -0.2) is 0 Å². The second kappa shape index (κ2) is 6.85. The van der Waals surface area contributed by atoms with Crippen LogP contribution in [-0.2, 0) is 6.54 Å². The first-order chi connectivity index (χ1) is 6.52. The molecule has 78 valence electrons. The van der Waals surface area contributed by atoms with E-state index in [1.54, 1.807) is 0 Å². The van der Waals surface area contributed by atoms with Gasteiger partial charge in [-0.05, 0) is 19.7 Å². The highest BCUT2D eigenvalue weighted by molar-refractivity contribution is 5.14. The van der Waals surface area contributed by atoms with Crippen LogP contribution in [0, 0.1) is 10.1 Å². The summed E-state index contributed by atoms with van der Waals surface area (Å²) in [6.07, 6.45) is 0. The molecule has 1 aromatic rings. The van der Waals surface area contributed by atoms with Crippen LogP contribution in [0.3, 0.4) is 0 Å². The third kappa shape index (κ3) is 8.48. The highest BCUT2D eigenvalue weighted by Crippen LogP contribution is 1.99. The molecule has 0 heterocycles. The van der Waals surface area contributed by atoms with Gasteiger partial charge in [-0.3, -0.25) is 0 Å². The standard InChI is InChI=1S/C9H13N.HNO3/c1-10(2)8-9-6-4-3-5-7-9;2-1(3)4/h3-7H,8H2,1-2H3;(H,2,3,4). The summed E-state index contributed by atoms with van der Waals surface area (Å²) in [5, 5.41) is 13.6. The largest absolute Gasteiger partial charge is 0.328 e. The first-order valence-electron chi connectivity index (χ1n) is 4.04. The molecule has 0 bridgehead atoms. The van der Waals surface area contributed by atoms with E-state index in [1.807, 2.05) is 6.07 Å². The fourth-order valence-corrected chi connectivity index (χ4v) is 0.949. The summed E-state index contributed by atoms with van der Waals surface area (Å²) in [5.74, 6) is 0. The van der Waals surface area contributed by atoms with E-state index in [0.29, 0.717) is 0 Å². The molecule has 0 aromatic heterocycles. The van der Waals surface area contributed by atoms with Crippen molar-refractivity contribution >= 4 is 0 Å². The van der Waals surface area contributed by atoms with Crippen LogP contribution in [0.2, 0.25) is 0 Å². The fourth-order valence-electron chi connectivity index (χ4n) is 0.949. The van der Waals surface area contributed by atoms with Crippen molar-refractivity contribution in [3.8, 4) is 0 Å². The van der Waals surface area contributed by atoms with Gasteiger partial charge in [0.2, 0.25) is 0 Å². The van der Waals surface area contributed by atoms with E-state index in [4.69, 9.17) is 15.3 Å². The molecule has 0 saturated heterocycles. The average molecular weight is 198 g/mol. The molecule has 0 radical (unpaired) electrons. The lowest BCUT2D eigenvalue weighted by atomic mass is 10.2. The molecule has 0 atom stereocenters. The topological polar surface area (TPSA) is 66.6 Å². The van der Waals surface area contributed by atoms with E-state index in [9.17, 15) is 0 Å². The number of benzene rings is 1. The van der Waals surface area contributed by atoms with Crippen molar-refractivity contribution in [2.24, 2.45) is 0 Å². The molecular weight excluding hydrogens is 184 g/mol. The lowest BCUT2D eigenvalue weighted by molar-refractivity contribution is -0.742. The Morgan fingerprint density at radius 3 is 2.14 bits per heavy atom. The van der Waals surface area contributed by atoms with E-state index in [-0.39, 0.29) is 0 Å². The lowest BCUT2D eigenvalue weighted by Gasteiger charge is -2.08. The molecule has 5 nitrogen and oxygen atoms in total. The molecule has 5 heteroatoms. The minimum atomic E-state index is -1.50. The van der Waals surface area contributed by atoms with Gasteiger partial charge >= 0.3 is 0 Å². The van der Waals surface area contributed by atoms with Gasteiger partial charge in [0.1, 0.15) is 0 Å². The Bertz CT molecular complexity index is 258. The van der Waals surface area contributed by atoms with E-state index in [1.165, 1.54) is 5.56 Å². The van der Waals surface area contributed by atoms with Gasteiger partial charge in [-0.1, -0.05) is 30.3 Å². The van der Waals surface area contributed by atoms with Crippen molar-refractivity contribution in [2.45, 2.75) is 6.54 Å². The zero-order valence-electron chi connectivity index (χ0n) is 8.25. The Morgan fingerprint density at radius 1 is 1.36 bits per heavy atom. The van der Waals surface area contributed by atoms with Crippen molar-refractivity contribution in [3.05, 3.63) is 46.0 Å². The summed E-state index contributed by atoms with van der Waals surface area (Å²) in [7, 11) is 4.15. The molecule has 0 aliphatic rings. The molecule has 1 aromatic carbocycles. The molecule has 0 spiro atoms. The Hall–Kier alpha value is -1.62. The van der Waals surface area contributed by atoms with E-state index >= 15 is 0 Å². The molecule has 14 heavy (non-hydrogen) atoms. The summed E-state index contributed by atoms with van der Waals surface area (Å²) >= 11 is 0. The van der Waals surface area contributed by atoms with Crippen LogP contribution < -0.4 is 0 Å². The highest BCUT2D eigenvalue weighted by atomic mass is 16.9. The minimum absolute atomic E-state index is 1.03. The van der Waals surface area contributed by atoms with Crippen molar-refractivity contribution in [3.63, 3.8) is 0 Å². The van der Waals surface area contributed by atoms with Gasteiger partial charge in [-0.2, -0.15) is 0 Å². The maximum Gasteiger partial charge on any atom is 0.291 e. The second-order valence-electron chi connectivity index (χ2n) is 2.96. The predicted octanol–water partition coefficient (Wildman–Crippen LogP) is 1.40. The number of hydrogen-bond donors (Lipinski definition) is 1. The molecular formula is C9H14N2O3. The van der Waals surface area contributed by atoms with Crippen LogP contribution in [0.25, 0.3) is 0 Å².